The Morgan fingerprint density at radius 1 is 1.15 bits per heavy atom. The fourth-order valence-corrected chi connectivity index (χ4v) is 3.29. The first kappa shape index (κ1) is 15.3. The van der Waals surface area contributed by atoms with Crippen LogP contribution in [0.4, 0.5) is 0 Å². The Bertz CT molecular complexity index is 458. The first-order valence-electron chi connectivity index (χ1n) is 7.43. The molecule has 2 aliphatic rings. The van der Waals surface area contributed by atoms with E-state index in [0.29, 0.717) is 6.04 Å². The average Bonchev–Trinajstić information content (AvgIpc) is 2.47. The lowest BCUT2D eigenvalue weighted by Gasteiger charge is -2.29. The van der Waals surface area contributed by atoms with Crippen LogP contribution in [-0.2, 0) is 11.2 Å². The van der Waals surface area contributed by atoms with Crippen LogP contribution in [0.15, 0.2) is 24.3 Å². The summed E-state index contributed by atoms with van der Waals surface area (Å²) in [6.45, 7) is 2.04. The number of piperidine rings is 1. The van der Waals surface area contributed by atoms with Gasteiger partial charge in [-0.2, -0.15) is 0 Å². The largest absolute Gasteiger partial charge is 0.353 e. The maximum atomic E-state index is 12.5. The zero-order chi connectivity index (χ0) is 13.1. The molecule has 0 spiro atoms. The van der Waals surface area contributed by atoms with Crippen molar-refractivity contribution in [3.63, 3.8) is 0 Å². The van der Waals surface area contributed by atoms with E-state index in [-0.39, 0.29) is 24.2 Å². The summed E-state index contributed by atoms with van der Waals surface area (Å²) >= 11 is 0. The van der Waals surface area contributed by atoms with Crippen molar-refractivity contribution in [1.82, 2.24) is 10.6 Å². The van der Waals surface area contributed by atoms with E-state index >= 15 is 0 Å². The number of aryl methyl sites for hydroxylation is 1. The van der Waals surface area contributed by atoms with E-state index in [2.05, 4.69) is 34.9 Å². The van der Waals surface area contributed by atoms with Crippen molar-refractivity contribution in [3.05, 3.63) is 35.4 Å². The lowest BCUT2D eigenvalue weighted by Crippen LogP contribution is -2.44. The van der Waals surface area contributed by atoms with Gasteiger partial charge in [-0.15, -0.1) is 12.4 Å². The summed E-state index contributed by atoms with van der Waals surface area (Å²) in [5, 5.41) is 6.58. The van der Waals surface area contributed by atoms with Gasteiger partial charge in [0.25, 0.3) is 0 Å². The molecule has 1 amide bonds. The SMILES string of the molecule is Cl.O=C(NC1CCNCC1)C1CCCc2ccccc21. The highest BCUT2D eigenvalue weighted by atomic mass is 35.5. The Morgan fingerprint density at radius 2 is 1.90 bits per heavy atom. The number of fused-ring (bicyclic) bond motifs is 1. The van der Waals surface area contributed by atoms with Gasteiger partial charge in [-0.3, -0.25) is 4.79 Å². The van der Waals surface area contributed by atoms with Crippen molar-refractivity contribution in [2.45, 2.75) is 44.1 Å². The number of hydrogen-bond donors (Lipinski definition) is 2. The van der Waals surface area contributed by atoms with Gasteiger partial charge >= 0.3 is 0 Å². The van der Waals surface area contributed by atoms with Gasteiger partial charge in [-0.1, -0.05) is 24.3 Å². The molecule has 1 aliphatic carbocycles. The van der Waals surface area contributed by atoms with Crippen LogP contribution in [0.25, 0.3) is 0 Å². The summed E-state index contributed by atoms with van der Waals surface area (Å²) in [5.74, 6) is 0.305. The highest BCUT2D eigenvalue weighted by molar-refractivity contribution is 5.85. The van der Waals surface area contributed by atoms with Crippen LogP contribution in [0.5, 0.6) is 0 Å². The van der Waals surface area contributed by atoms with Crippen molar-refractivity contribution in [2.75, 3.05) is 13.1 Å². The van der Waals surface area contributed by atoms with Crippen LogP contribution in [0.3, 0.4) is 0 Å². The molecule has 1 unspecified atom stereocenters. The molecule has 1 atom stereocenters. The molecular weight excluding hydrogens is 272 g/mol. The fraction of sp³-hybridized carbons (Fsp3) is 0.562. The van der Waals surface area contributed by atoms with Gasteiger partial charge in [0.1, 0.15) is 0 Å². The minimum atomic E-state index is 0. The van der Waals surface area contributed by atoms with Gasteiger partial charge in [0.05, 0.1) is 5.92 Å². The number of benzene rings is 1. The number of halogens is 1. The fourth-order valence-electron chi connectivity index (χ4n) is 3.29. The van der Waals surface area contributed by atoms with E-state index in [9.17, 15) is 4.79 Å². The standard InChI is InChI=1S/C16H22N2O.ClH/c19-16(18-13-8-10-17-11-9-13)15-7-3-5-12-4-1-2-6-14(12)15;/h1-2,4,6,13,15,17H,3,5,7-11H2,(H,18,19);1H. The second-order valence-corrected chi connectivity index (χ2v) is 5.68. The van der Waals surface area contributed by atoms with Gasteiger partial charge in [-0.25, -0.2) is 0 Å². The lowest BCUT2D eigenvalue weighted by molar-refractivity contribution is -0.123. The predicted molar refractivity (Wildman–Crippen MR) is 83.4 cm³/mol. The van der Waals surface area contributed by atoms with Crippen molar-refractivity contribution in [1.29, 1.82) is 0 Å². The Morgan fingerprint density at radius 3 is 2.70 bits per heavy atom. The second kappa shape index (κ2) is 7.09. The molecule has 1 fully saturated rings. The maximum absolute atomic E-state index is 12.5. The number of carbonyl (C=O) groups is 1. The zero-order valence-electron chi connectivity index (χ0n) is 11.7. The van der Waals surface area contributed by atoms with Gasteiger partial charge < -0.3 is 10.6 Å². The minimum absolute atomic E-state index is 0. The van der Waals surface area contributed by atoms with Gasteiger partial charge in [-0.05, 0) is 56.3 Å². The van der Waals surface area contributed by atoms with E-state index in [1.807, 2.05) is 0 Å². The normalized spacial score (nSPS) is 22.5. The van der Waals surface area contributed by atoms with E-state index in [4.69, 9.17) is 0 Å². The Labute approximate surface area is 126 Å². The number of carbonyl (C=O) groups excluding carboxylic acids is 1. The molecule has 0 bridgehead atoms. The third-order valence-electron chi connectivity index (χ3n) is 4.37. The van der Waals surface area contributed by atoms with Crippen LogP contribution in [0.1, 0.15) is 42.7 Å². The van der Waals surface area contributed by atoms with Crippen molar-refractivity contribution >= 4 is 18.3 Å². The third kappa shape index (κ3) is 3.33. The summed E-state index contributed by atoms with van der Waals surface area (Å²) < 4.78 is 0. The third-order valence-corrected chi connectivity index (χ3v) is 4.37. The number of hydrogen-bond acceptors (Lipinski definition) is 2. The molecular formula is C16H23ClN2O. The molecule has 3 nitrogen and oxygen atoms in total. The van der Waals surface area contributed by atoms with Gasteiger partial charge in [0.15, 0.2) is 0 Å². The van der Waals surface area contributed by atoms with Crippen LogP contribution < -0.4 is 10.6 Å². The van der Waals surface area contributed by atoms with E-state index < -0.39 is 0 Å². The maximum Gasteiger partial charge on any atom is 0.227 e. The van der Waals surface area contributed by atoms with Crippen LogP contribution in [-0.4, -0.2) is 25.0 Å². The molecule has 4 heteroatoms. The Balaban J connectivity index is 0.00000147. The van der Waals surface area contributed by atoms with Crippen LogP contribution in [0.2, 0.25) is 0 Å². The number of nitrogens with one attached hydrogen (secondary N) is 2. The molecule has 1 aromatic rings. The average molecular weight is 295 g/mol. The molecule has 0 aromatic heterocycles. The molecule has 3 rings (SSSR count). The predicted octanol–water partition coefficient (Wildman–Crippen LogP) is 2.40. The monoisotopic (exact) mass is 294 g/mol. The lowest BCUT2D eigenvalue weighted by atomic mass is 9.82. The van der Waals surface area contributed by atoms with E-state index in [1.54, 1.807) is 0 Å². The summed E-state index contributed by atoms with van der Waals surface area (Å²) in [4.78, 5) is 12.5. The highest BCUT2D eigenvalue weighted by Crippen LogP contribution is 2.31. The van der Waals surface area contributed by atoms with E-state index in [0.717, 1.165) is 45.2 Å². The van der Waals surface area contributed by atoms with Crippen LogP contribution in [0, 0.1) is 0 Å². The summed E-state index contributed by atoms with van der Waals surface area (Å²) in [6, 6.07) is 8.78. The first-order chi connectivity index (χ1) is 9.34. The molecule has 2 N–H and O–H groups in total. The Kier molecular flexibility index (Phi) is 5.44. The summed E-state index contributed by atoms with van der Waals surface area (Å²) in [6.07, 6.45) is 5.35. The van der Waals surface area contributed by atoms with E-state index in [1.165, 1.54) is 11.1 Å². The van der Waals surface area contributed by atoms with Crippen molar-refractivity contribution in [2.24, 2.45) is 0 Å². The molecule has 1 aromatic carbocycles. The van der Waals surface area contributed by atoms with Gasteiger partial charge in [0.2, 0.25) is 5.91 Å². The van der Waals surface area contributed by atoms with Crippen molar-refractivity contribution < 1.29 is 4.79 Å². The quantitative estimate of drug-likeness (QED) is 0.879. The second-order valence-electron chi connectivity index (χ2n) is 5.68. The van der Waals surface area contributed by atoms with Crippen molar-refractivity contribution in [3.8, 4) is 0 Å². The van der Waals surface area contributed by atoms with Gasteiger partial charge in [0, 0.05) is 6.04 Å². The molecule has 1 heterocycles. The number of rotatable bonds is 2. The molecule has 0 saturated carbocycles. The molecule has 1 aliphatic heterocycles. The first-order valence-corrected chi connectivity index (χ1v) is 7.43. The number of amides is 1. The smallest absolute Gasteiger partial charge is 0.227 e. The Hall–Kier alpha value is -1.06. The summed E-state index contributed by atoms with van der Waals surface area (Å²) in [7, 11) is 0. The minimum Gasteiger partial charge on any atom is -0.353 e. The van der Waals surface area contributed by atoms with Crippen LogP contribution >= 0.6 is 12.4 Å². The highest BCUT2D eigenvalue weighted by Gasteiger charge is 2.27. The molecule has 20 heavy (non-hydrogen) atoms. The molecule has 1 saturated heterocycles. The molecule has 0 radical (unpaired) electrons. The zero-order valence-corrected chi connectivity index (χ0v) is 12.5. The summed E-state index contributed by atoms with van der Waals surface area (Å²) in [5.41, 5.74) is 2.61. The molecule has 110 valence electrons. The topological polar surface area (TPSA) is 41.1 Å².